The predicted octanol–water partition coefficient (Wildman–Crippen LogP) is 2.30. The van der Waals surface area contributed by atoms with Crippen molar-refractivity contribution in [2.45, 2.75) is 44.3 Å². The smallest absolute Gasteiger partial charge is 0.254 e. The zero-order valence-corrected chi connectivity index (χ0v) is 17.5. The van der Waals surface area contributed by atoms with Crippen LogP contribution in [0.15, 0.2) is 54.6 Å². The van der Waals surface area contributed by atoms with Gasteiger partial charge in [0, 0.05) is 32.1 Å². The van der Waals surface area contributed by atoms with Crippen molar-refractivity contribution in [1.29, 1.82) is 0 Å². The Labute approximate surface area is 182 Å². The van der Waals surface area contributed by atoms with Gasteiger partial charge in [-0.15, -0.1) is 0 Å². The molecule has 7 nitrogen and oxygen atoms in total. The first-order chi connectivity index (χ1) is 15.1. The van der Waals surface area contributed by atoms with Crippen LogP contribution >= 0.6 is 0 Å². The molecule has 1 fully saturated rings. The van der Waals surface area contributed by atoms with Gasteiger partial charge in [-0.2, -0.15) is 0 Å². The molecule has 0 aliphatic carbocycles. The lowest BCUT2D eigenvalue weighted by Gasteiger charge is -2.32. The molecule has 2 aromatic carbocycles. The van der Waals surface area contributed by atoms with Gasteiger partial charge in [0.2, 0.25) is 11.8 Å². The van der Waals surface area contributed by atoms with Crippen LogP contribution in [-0.2, 0) is 16.1 Å². The number of anilines is 1. The number of hydrogen-bond donors (Lipinski definition) is 3. The monoisotopic (exact) mass is 420 g/mol. The highest BCUT2D eigenvalue weighted by atomic mass is 16.2. The van der Waals surface area contributed by atoms with Crippen molar-refractivity contribution in [3.63, 3.8) is 0 Å². The topological polar surface area (TPSA) is 90.5 Å². The van der Waals surface area contributed by atoms with Crippen LogP contribution in [0, 0.1) is 0 Å². The molecule has 0 bridgehead atoms. The number of fused-ring (bicyclic) bond motifs is 1. The van der Waals surface area contributed by atoms with Crippen molar-refractivity contribution >= 4 is 23.4 Å². The van der Waals surface area contributed by atoms with Crippen LogP contribution in [0.25, 0.3) is 0 Å². The molecule has 2 aliphatic heterocycles. The Kier molecular flexibility index (Phi) is 6.62. The number of likely N-dealkylation sites (tertiary alicyclic amines) is 1. The normalized spacial score (nSPS) is 19.7. The van der Waals surface area contributed by atoms with Gasteiger partial charge in [-0.1, -0.05) is 42.5 Å². The second-order valence-corrected chi connectivity index (χ2v) is 8.20. The molecule has 2 aliphatic rings. The van der Waals surface area contributed by atoms with Gasteiger partial charge in [0.1, 0.15) is 6.04 Å². The summed E-state index contributed by atoms with van der Waals surface area (Å²) in [5, 5.41) is 8.60. The van der Waals surface area contributed by atoms with Gasteiger partial charge < -0.3 is 16.0 Å². The second kappa shape index (κ2) is 9.75. The van der Waals surface area contributed by atoms with Crippen LogP contribution < -0.4 is 16.0 Å². The highest BCUT2D eigenvalue weighted by molar-refractivity contribution is 6.09. The number of carbonyl (C=O) groups excluding carboxylic acids is 3. The summed E-state index contributed by atoms with van der Waals surface area (Å²) in [5.41, 5.74) is 2.24. The highest BCUT2D eigenvalue weighted by Gasteiger charge is 2.28. The lowest BCUT2D eigenvalue weighted by Crippen LogP contribution is -2.45. The number of carbonyl (C=O) groups is 3. The molecule has 2 heterocycles. The van der Waals surface area contributed by atoms with E-state index in [0.29, 0.717) is 11.3 Å². The Morgan fingerprint density at radius 2 is 1.71 bits per heavy atom. The molecule has 0 saturated carbocycles. The first-order valence-electron chi connectivity index (χ1n) is 10.8. The maximum Gasteiger partial charge on any atom is 0.254 e. The first kappa shape index (κ1) is 21.1. The summed E-state index contributed by atoms with van der Waals surface area (Å²) >= 11 is 0. The molecule has 1 atom stereocenters. The van der Waals surface area contributed by atoms with E-state index < -0.39 is 6.04 Å². The Hall–Kier alpha value is -3.19. The Morgan fingerprint density at radius 1 is 1.00 bits per heavy atom. The van der Waals surface area contributed by atoms with E-state index in [2.05, 4.69) is 45.1 Å². The maximum absolute atomic E-state index is 12.4. The van der Waals surface area contributed by atoms with Gasteiger partial charge in [-0.3, -0.25) is 19.3 Å². The van der Waals surface area contributed by atoms with Crippen LogP contribution in [0.5, 0.6) is 0 Å². The summed E-state index contributed by atoms with van der Waals surface area (Å²) in [6, 6.07) is 16.7. The minimum Gasteiger partial charge on any atom is -0.353 e. The molecule has 7 heteroatoms. The molecule has 31 heavy (non-hydrogen) atoms. The minimum absolute atomic E-state index is 0.0784. The van der Waals surface area contributed by atoms with E-state index in [0.717, 1.165) is 32.5 Å². The minimum atomic E-state index is -0.724. The van der Waals surface area contributed by atoms with Gasteiger partial charge in [0.15, 0.2) is 0 Å². The molecule has 4 rings (SSSR count). The molecule has 3 N–H and O–H groups in total. The number of nitrogens with zero attached hydrogens (tertiary/aromatic N) is 1. The number of rotatable bonds is 6. The number of amides is 3. The van der Waals surface area contributed by atoms with Gasteiger partial charge in [0.05, 0.1) is 11.3 Å². The number of hydrogen-bond acceptors (Lipinski definition) is 4. The van der Waals surface area contributed by atoms with Crippen molar-refractivity contribution < 1.29 is 14.4 Å². The largest absolute Gasteiger partial charge is 0.353 e. The molecule has 3 amide bonds. The third kappa shape index (κ3) is 5.49. The van der Waals surface area contributed by atoms with E-state index in [-0.39, 0.29) is 36.6 Å². The molecule has 0 radical (unpaired) electrons. The van der Waals surface area contributed by atoms with Gasteiger partial charge in [-0.05, 0) is 37.0 Å². The van der Waals surface area contributed by atoms with Gasteiger partial charge in [0.25, 0.3) is 5.91 Å². The quantitative estimate of drug-likeness (QED) is 0.669. The number of para-hydroxylation sites is 1. The summed E-state index contributed by atoms with van der Waals surface area (Å²) in [5.74, 6) is -0.671. The van der Waals surface area contributed by atoms with Crippen molar-refractivity contribution in [3.05, 3.63) is 65.7 Å². The van der Waals surface area contributed by atoms with E-state index >= 15 is 0 Å². The first-order valence-corrected chi connectivity index (χ1v) is 10.8. The lowest BCUT2D eigenvalue weighted by atomic mass is 10.0. The number of benzene rings is 2. The van der Waals surface area contributed by atoms with Crippen LogP contribution in [0.3, 0.4) is 0 Å². The summed E-state index contributed by atoms with van der Waals surface area (Å²) < 4.78 is 0. The van der Waals surface area contributed by atoms with E-state index in [1.807, 2.05) is 6.07 Å². The fourth-order valence-corrected chi connectivity index (χ4v) is 4.17. The SMILES string of the molecule is O=C(CC[C@H]1NC(=O)c2ccccc2NC1=O)NC1CCN(Cc2ccccc2)CC1. The van der Waals surface area contributed by atoms with E-state index in [1.54, 1.807) is 24.3 Å². The van der Waals surface area contributed by atoms with Gasteiger partial charge in [-0.25, -0.2) is 0 Å². The van der Waals surface area contributed by atoms with Crippen LogP contribution in [-0.4, -0.2) is 47.8 Å². The molecule has 2 aromatic rings. The van der Waals surface area contributed by atoms with Crippen LogP contribution in [0.4, 0.5) is 5.69 Å². The molecule has 162 valence electrons. The molecule has 0 spiro atoms. The maximum atomic E-state index is 12.4. The Balaban J connectivity index is 1.21. The van der Waals surface area contributed by atoms with Crippen molar-refractivity contribution in [2.75, 3.05) is 18.4 Å². The average molecular weight is 421 g/mol. The zero-order chi connectivity index (χ0) is 21.6. The van der Waals surface area contributed by atoms with Gasteiger partial charge >= 0.3 is 0 Å². The van der Waals surface area contributed by atoms with E-state index in [4.69, 9.17) is 0 Å². The third-order valence-corrected chi connectivity index (χ3v) is 5.91. The molecular formula is C24H28N4O3. The summed E-state index contributed by atoms with van der Waals surface area (Å²) in [6.07, 6.45) is 2.28. The van der Waals surface area contributed by atoms with E-state index in [9.17, 15) is 14.4 Å². The Bertz CT molecular complexity index is 939. The fraction of sp³-hybridized carbons (Fsp3) is 0.375. The van der Waals surface area contributed by atoms with E-state index in [1.165, 1.54) is 5.56 Å². The predicted molar refractivity (Wildman–Crippen MR) is 118 cm³/mol. The molecule has 0 unspecified atom stereocenters. The van der Waals surface area contributed by atoms with Crippen LogP contribution in [0.2, 0.25) is 0 Å². The average Bonchev–Trinajstić information content (AvgIpc) is 2.90. The number of nitrogens with one attached hydrogen (secondary N) is 3. The van der Waals surface area contributed by atoms with Crippen molar-refractivity contribution in [2.24, 2.45) is 0 Å². The zero-order valence-electron chi connectivity index (χ0n) is 17.5. The van der Waals surface area contributed by atoms with Crippen molar-refractivity contribution in [3.8, 4) is 0 Å². The van der Waals surface area contributed by atoms with Crippen LogP contribution in [0.1, 0.15) is 41.6 Å². The third-order valence-electron chi connectivity index (χ3n) is 5.91. The molecule has 1 saturated heterocycles. The second-order valence-electron chi connectivity index (χ2n) is 8.20. The lowest BCUT2D eigenvalue weighted by molar-refractivity contribution is -0.122. The van der Waals surface area contributed by atoms with Crippen molar-refractivity contribution in [1.82, 2.24) is 15.5 Å². The summed E-state index contributed by atoms with van der Waals surface area (Å²) in [6.45, 7) is 2.82. The summed E-state index contributed by atoms with van der Waals surface area (Å²) in [7, 11) is 0. The Morgan fingerprint density at radius 3 is 2.48 bits per heavy atom. The molecule has 0 aromatic heterocycles. The molecular weight excluding hydrogens is 392 g/mol. The standard InChI is InChI=1S/C24H28N4O3/c29-22(25-18-12-14-28(15-13-18)16-17-6-2-1-3-7-17)11-10-21-24(31)26-20-9-5-4-8-19(20)23(30)27-21/h1-9,18,21H,10-16H2,(H,25,29)(H,26,31)(H,27,30)/t21-/m1/s1. The fourth-order valence-electron chi connectivity index (χ4n) is 4.17. The number of piperidine rings is 1. The highest BCUT2D eigenvalue weighted by Crippen LogP contribution is 2.19. The summed E-state index contributed by atoms with van der Waals surface area (Å²) in [4.78, 5) is 39.7.